The van der Waals surface area contributed by atoms with Gasteiger partial charge in [0.05, 0.1) is 6.04 Å². The third-order valence-electron chi connectivity index (χ3n) is 3.78. The van der Waals surface area contributed by atoms with E-state index in [-0.39, 0.29) is 0 Å². The van der Waals surface area contributed by atoms with Crippen molar-refractivity contribution < 1.29 is 0 Å². The number of hydrogen-bond donors (Lipinski definition) is 1. The van der Waals surface area contributed by atoms with Crippen molar-refractivity contribution in [2.75, 3.05) is 13.6 Å². The van der Waals surface area contributed by atoms with Gasteiger partial charge >= 0.3 is 0 Å². The summed E-state index contributed by atoms with van der Waals surface area (Å²) in [5.41, 5.74) is 5.97. The molecule has 2 N–H and O–H groups in total. The molecular formula is C13H21BrN2S. The van der Waals surface area contributed by atoms with Crippen LogP contribution in [-0.4, -0.2) is 24.5 Å². The van der Waals surface area contributed by atoms with Crippen LogP contribution in [0.5, 0.6) is 0 Å². The van der Waals surface area contributed by atoms with Gasteiger partial charge in [0.2, 0.25) is 0 Å². The largest absolute Gasteiger partial charge is 0.329 e. The molecule has 2 nitrogen and oxygen atoms in total. The van der Waals surface area contributed by atoms with E-state index in [0.29, 0.717) is 12.6 Å². The van der Waals surface area contributed by atoms with Crippen LogP contribution < -0.4 is 5.73 Å². The minimum absolute atomic E-state index is 0.384. The predicted molar refractivity (Wildman–Crippen MR) is 78.5 cm³/mol. The summed E-state index contributed by atoms with van der Waals surface area (Å²) in [6.45, 7) is 0.708. The van der Waals surface area contributed by atoms with Crippen LogP contribution in [0.15, 0.2) is 15.9 Å². The van der Waals surface area contributed by atoms with Gasteiger partial charge in [0.1, 0.15) is 0 Å². The van der Waals surface area contributed by atoms with Gasteiger partial charge < -0.3 is 5.73 Å². The van der Waals surface area contributed by atoms with Crippen molar-refractivity contribution in [3.8, 4) is 0 Å². The highest BCUT2D eigenvalue weighted by Crippen LogP contribution is 2.32. The molecule has 0 amide bonds. The van der Waals surface area contributed by atoms with E-state index in [1.807, 2.05) is 0 Å². The first-order chi connectivity index (χ1) is 8.22. The zero-order valence-corrected chi connectivity index (χ0v) is 12.8. The van der Waals surface area contributed by atoms with Crippen LogP contribution in [0.25, 0.3) is 0 Å². The molecule has 1 atom stereocenters. The highest BCUT2D eigenvalue weighted by atomic mass is 79.9. The summed E-state index contributed by atoms with van der Waals surface area (Å²) in [6, 6.07) is 3.31. The van der Waals surface area contributed by atoms with Crippen LogP contribution in [0.1, 0.15) is 43.0 Å². The number of nitrogens with zero attached hydrogens (tertiary/aromatic N) is 1. The van der Waals surface area contributed by atoms with Gasteiger partial charge in [-0.25, -0.2) is 0 Å². The molecule has 4 heteroatoms. The molecule has 17 heavy (non-hydrogen) atoms. The molecule has 1 aliphatic rings. The Morgan fingerprint density at radius 2 is 2.18 bits per heavy atom. The van der Waals surface area contributed by atoms with Crippen molar-refractivity contribution in [3.63, 3.8) is 0 Å². The van der Waals surface area contributed by atoms with Crippen LogP contribution in [0.3, 0.4) is 0 Å². The van der Waals surface area contributed by atoms with Gasteiger partial charge in [0, 0.05) is 27.3 Å². The molecule has 1 aromatic rings. The normalized spacial score (nSPS) is 19.8. The summed E-state index contributed by atoms with van der Waals surface area (Å²) in [7, 11) is 2.24. The molecule has 0 bridgehead atoms. The van der Waals surface area contributed by atoms with Crippen molar-refractivity contribution in [2.24, 2.45) is 5.73 Å². The molecule has 1 fully saturated rings. The lowest BCUT2D eigenvalue weighted by molar-refractivity contribution is 0.142. The van der Waals surface area contributed by atoms with Crippen molar-refractivity contribution in [1.29, 1.82) is 0 Å². The summed E-state index contributed by atoms with van der Waals surface area (Å²) in [4.78, 5) is 3.88. The molecule has 1 aliphatic carbocycles. The highest BCUT2D eigenvalue weighted by Gasteiger charge is 2.25. The fraction of sp³-hybridized carbons (Fsp3) is 0.692. The molecule has 0 aromatic carbocycles. The second-order valence-electron chi connectivity index (χ2n) is 4.88. The lowest BCUT2D eigenvalue weighted by Crippen LogP contribution is -2.39. The van der Waals surface area contributed by atoms with Crippen LogP contribution in [-0.2, 0) is 0 Å². The molecule has 0 spiro atoms. The first-order valence-electron chi connectivity index (χ1n) is 6.38. The van der Waals surface area contributed by atoms with Gasteiger partial charge in [-0.1, -0.05) is 19.3 Å². The van der Waals surface area contributed by atoms with E-state index in [9.17, 15) is 0 Å². The first kappa shape index (κ1) is 13.5. The van der Waals surface area contributed by atoms with Gasteiger partial charge in [0.15, 0.2) is 0 Å². The van der Waals surface area contributed by atoms with Gasteiger partial charge in [-0.3, -0.25) is 4.90 Å². The average molecular weight is 317 g/mol. The standard InChI is InChI=1S/C13H21BrN2S/c1-16(11-5-3-2-4-6-11)12(8-15)13-7-10(14)9-17-13/h7,9,11-12H,2-6,8,15H2,1H3. The first-order valence-corrected chi connectivity index (χ1v) is 8.05. The second-order valence-corrected chi connectivity index (χ2v) is 6.73. The summed E-state index contributed by atoms with van der Waals surface area (Å²) >= 11 is 5.33. The lowest BCUT2D eigenvalue weighted by atomic mass is 9.93. The Bertz CT molecular complexity index is 347. The predicted octanol–water partition coefficient (Wildman–Crippen LogP) is 3.77. The van der Waals surface area contributed by atoms with Crippen molar-refractivity contribution in [3.05, 3.63) is 20.8 Å². The number of rotatable bonds is 4. The molecule has 1 heterocycles. The third kappa shape index (κ3) is 3.31. The van der Waals surface area contributed by atoms with Crippen molar-refractivity contribution in [1.82, 2.24) is 4.90 Å². The number of likely N-dealkylation sites (N-methyl/N-ethyl adjacent to an activating group) is 1. The maximum Gasteiger partial charge on any atom is 0.0564 e. The summed E-state index contributed by atoms with van der Waals surface area (Å²) in [5.74, 6) is 0. The molecule has 0 radical (unpaired) electrons. The van der Waals surface area contributed by atoms with Crippen LogP contribution in [0, 0.1) is 0 Å². The number of nitrogens with two attached hydrogens (primary N) is 1. The van der Waals surface area contributed by atoms with E-state index in [4.69, 9.17) is 5.73 Å². The van der Waals surface area contributed by atoms with E-state index >= 15 is 0 Å². The molecule has 1 unspecified atom stereocenters. The van der Waals surface area contributed by atoms with Crippen LogP contribution in [0.4, 0.5) is 0 Å². The minimum atomic E-state index is 0.384. The number of hydrogen-bond acceptors (Lipinski definition) is 3. The van der Waals surface area contributed by atoms with Crippen LogP contribution >= 0.6 is 27.3 Å². The molecule has 1 aromatic heterocycles. The van der Waals surface area contributed by atoms with Gasteiger partial charge in [-0.05, 0) is 41.9 Å². The van der Waals surface area contributed by atoms with E-state index < -0.39 is 0 Å². The Morgan fingerprint density at radius 3 is 2.71 bits per heavy atom. The summed E-state index contributed by atoms with van der Waals surface area (Å²) in [5, 5.41) is 2.15. The zero-order chi connectivity index (χ0) is 12.3. The fourth-order valence-electron chi connectivity index (χ4n) is 2.73. The molecule has 1 saturated carbocycles. The van der Waals surface area contributed by atoms with E-state index in [0.717, 1.165) is 6.04 Å². The van der Waals surface area contributed by atoms with Crippen molar-refractivity contribution >= 4 is 27.3 Å². The Labute approximate surface area is 116 Å². The average Bonchev–Trinajstić information content (AvgIpc) is 2.78. The highest BCUT2D eigenvalue weighted by molar-refractivity contribution is 9.10. The molecule has 0 aliphatic heterocycles. The van der Waals surface area contributed by atoms with Gasteiger partial charge in [0.25, 0.3) is 0 Å². The Morgan fingerprint density at radius 1 is 1.47 bits per heavy atom. The number of thiophene rings is 1. The Balaban J connectivity index is 2.06. The maximum absolute atomic E-state index is 5.97. The SMILES string of the molecule is CN(C1CCCCC1)C(CN)c1cc(Br)cs1. The summed E-state index contributed by atoms with van der Waals surface area (Å²) in [6.07, 6.45) is 6.82. The quantitative estimate of drug-likeness (QED) is 0.916. The van der Waals surface area contributed by atoms with Gasteiger partial charge in [-0.2, -0.15) is 0 Å². The molecular weight excluding hydrogens is 296 g/mol. The van der Waals surface area contributed by atoms with E-state index in [2.05, 4.69) is 39.3 Å². The second kappa shape index (κ2) is 6.32. The van der Waals surface area contributed by atoms with E-state index in [1.54, 1.807) is 11.3 Å². The Hall–Kier alpha value is 0.1000. The topological polar surface area (TPSA) is 29.3 Å². The van der Waals surface area contributed by atoms with Crippen molar-refractivity contribution in [2.45, 2.75) is 44.2 Å². The molecule has 96 valence electrons. The monoisotopic (exact) mass is 316 g/mol. The Kier molecular flexibility index (Phi) is 5.03. The summed E-state index contributed by atoms with van der Waals surface area (Å²) < 4.78 is 1.17. The minimum Gasteiger partial charge on any atom is -0.329 e. The third-order valence-corrected chi connectivity index (χ3v) is 5.58. The fourth-order valence-corrected chi connectivity index (χ4v) is 4.34. The zero-order valence-electron chi connectivity index (χ0n) is 10.4. The lowest BCUT2D eigenvalue weighted by Gasteiger charge is -2.36. The smallest absolute Gasteiger partial charge is 0.0564 e. The molecule has 2 rings (SSSR count). The molecule has 0 saturated heterocycles. The van der Waals surface area contributed by atoms with E-state index in [1.165, 1.54) is 41.5 Å². The van der Waals surface area contributed by atoms with Crippen LogP contribution in [0.2, 0.25) is 0 Å². The van der Waals surface area contributed by atoms with Gasteiger partial charge in [-0.15, -0.1) is 11.3 Å². The number of halogens is 1. The maximum atomic E-state index is 5.97.